The van der Waals surface area contributed by atoms with Crippen molar-refractivity contribution in [2.24, 2.45) is 0 Å². The van der Waals surface area contributed by atoms with Gasteiger partial charge >= 0.3 is 0 Å². The number of ether oxygens (including phenoxy) is 1. The zero-order chi connectivity index (χ0) is 6.85. The maximum atomic E-state index is 5.19. The van der Waals surface area contributed by atoms with Crippen LogP contribution in [-0.4, -0.2) is 50.4 Å². The molecule has 0 saturated carbocycles. The van der Waals surface area contributed by atoms with Crippen LogP contribution >= 0.6 is 0 Å². The summed E-state index contributed by atoms with van der Waals surface area (Å²) in [6.45, 7) is 2.21. The lowest BCUT2D eigenvalue weighted by Crippen LogP contribution is -2.35. The van der Waals surface area contributed by atoms with Gasteiger partial charge in [0, 0.05) is 20.2 Å². The minimum Gasteiger partial charge on any atom is -0.353 e. The van der Waals surface area contributed by atoms with Crippen molar-refractivity contribution >= 4 is 0 Å². The van der Waals surface area contributed by atoms with Gasteiger partial charge in [0.1, 0.15) is 0 Å². The summed E-state index contributed by atoms with van der Waals surface area (Å²) in [4.78, 5) is 4.36. The third-order valence-corrected chi connectivity index (χ3v) is 1.77. The highest BCUT2D eigenvalue weighted by molar-refractivity contribution is 4.68. The summed E-state index contributed by atoms with van der Waals surface area (Å²) in [6, 6.07) is 0. The van der Waals surface area contributed by atoms with E-state index >= 15 is 0 Å². The largest absolute Gasteiger partial charge is 0.353 e. The van der Waals surface area contributed by atoms with Crippen LogP contribution in [0.15, 0.2) is 0 Å². The lowest BCUT2D eigenvalue weighted by molar-refractivity contribution is -0.0677. The van der Waals surface area contributed by atoms with Crippen molar-refractivity contribution < 1.29 is 4.74 Å². The summed E-state index contributed by atoms with van der Waals surface area (Å²) in [5.41, 5.74) is 0. The van der Waals surface area contributed by atoms with Crippen molar-refractivity contribution in [1.82, 2.24) is 9.80 Å². The number of likely N-dealkylation sites (N-methyl/N-ethyl adjacent to an activating group) is 2. The molecule has 9 heavy (non-hydrogen) atoms. The highest BCUT2D eigenvalue weighted by atomic mass is 16.5. The molecule has 0 bridgehead atoms. The summed E-state index contributed by atoms with van der Waals surface area (Å²) in [7, 11) is 5.87. The third-order valence-electron chi connectivity index (χ3n) is 1.77. The monoisotopic (exact) mass is 130 g/mol. The van der Waals surface area contributed by atoms with E-state index in [-0.39, 0.29) is 6.35 Å². The first kappa shape index (κ1) is 6.99. The van der Waals surface area contributed by atoms with E-state index in [9.17, 15) is 0 Å². The van der Waals surface area contributed by atoms with E-state index in [1.54, 1.807) is 7.11 Å². The van der Waals surface area contributed by atoms with Gasteiger partial charge in [-0.25, -0.2) is 0 Å². The predicted molar refractivity (Wildman–Crippen MR) is 36.1 cm³/mol. The Morgan fingerprint density at radius 3 is 1.89 bits per heavy atom. The predicted octanol–water partition coefficient (Wildman–Crippen LogP) is -0.206. The molecule has 0 radical (unpaired) electrons. The number of nitrogens with zero attached hydrogens (tertiary/aromatic N) is 2. The molecule has 1 saturated heterocycles. The van der Waals surface area contributed by atoms with Crippen LogP contribution in [0.5, 0.6) is 0 Å². The van der Waals surface area contributed by atoms with Crippen molar-refractivity contribution in [3.63, 3.8) is 0 Å². The molecule has 0 spiro atoms. The van der Waals surface area contributed by atoms with Gasteiger partial charge in [0.2, 0.25) is 0 Å². The Hall–Kier alpha value is -0.120. The average Bonchev–Trinajstić information content (AvgIpc) is 2.12. The molecule has 0 aromatic rings. The molecule has 0 aromatic carbocycles. The summed E-state index contributed by atoms with van der Waals surface area (Å²) in [6.07, 6.45) is 0.199. The summed E-state index contributed by atoms with van der Waals surface area (Å²) in [5, 5.41) is 0. The zero-order valence-corrected chi connectivity index (χ0v) is 6.29. The first-order chi connectivity index (χ1) is 4.25. The van der Waals surface area contributed by atoms with Gasteiger partial charge in [-0.3, -0.25) is 9.80 Å². The molecule has 1 heterocycles. The van der Waals surface area contributed by atoms with Crippen LogP contribution in [0.1, 0.15) is 0 Å². The molecule has 1 aliphatic rings. The van der Waals surface area contributed by atoms with Crippen LogP contribution < -0.4 is 0 Å². The van der Waals surface area contributed by atoms with Crippen LogP contribution in [0, 0.1) is 0 Å². The summed E-state index contributed by atoms with van der Waals surface area (Å²) < 4.78 is 5.19. The minimum atomic E-state index is 0.199. The maximum Gasteiger partial charge on any atom is 0.167 e. The van der Waals surface area contributed by atoms with Crippen LogP contribution in [0.3, 0.4) is 0 Å². The highest BCUT2D eigenvalue weighted by Crippen LogP contribution is 2.08. The van der Waals surface area contributed by atoms with Gasteiger partial charge in [0.05, 0.1) is 0 Å². The topological polar surface area (TPSA) is 15.7 Å². The van der Waals surface area contributed by atoms with Crippen LogP contribution in [0.4, 0.5) is 0 Å². The van der Waals surface area contributed by atoms with E-state index in [0.717, 1.165) is 13.1 Å². The summed E-state index contributed by atoms with van der Waals surface area (Å²) >= 11 is 0. The van der Waals surface area contributed by atoms with E-state index in [4.69, 9.17) is 4.74 Å². The molecule has 0 unspecified atom stereocenters. The Morgan fingerprint density at radius 1 is 1.22 bits per heavy atom. The zero-order valence-electron chi connectivity index (χ0n) is 6.29. The summed E-state index contributed by atoms with van der Waals surface area (Å²) in [5.74, 6) is 0. The van der Waals surface area contributed by atoms with Gasteiger partial charge in [0.25, 0.3) is 0 Å². The van der Waals surface area contributed by atoms with Gasteiger partial charge in [-0.2, -0.15) is 0 Å². The SMILES string of the molecule is COC1N(C)CCN1C. The fraction of sp³-hybridized carbons (Fsp3) is 1.00. The van der Waals surface area contributed by atoms with Gasteiger partial charge in [-0.1, -0.05) is 0 Å². The standard InChI is InChI=1S/C6H14N2O/c1-7-4-5-8(2)6(7)9-3/h6H,4-5H2,1-3H3. The molecule has 0 atom stereocenters. The number of hydrogen-bond donors (Lipinski definition) is 0. The molecule has 1 rings (SSSR count). The second-order valence-corrected chi connectivity index (χ2v) is 2.52. The normalized spacial score (nSPS) is 25.7. The second-order valence-electron chi connectivity index (χ2n) is 2.52. The molecule has 1 fully saturated rings. The first-order valence-electron chi connectivity index (χ1n) is 3.19. The average molecular weight is 130 g/mol. The van der Waals surface area contributed by atoms with Crippen molar-refractivity contribution in [3.8, 4) is 0 Å². The van der Waals surface area contributed by atoms with Crippen molar-refractivity contribution in [2.75, 3.05) is 34.3 Å². The second kappa shape index (κ2) is 2.64. The van der Waals surface area contributed by atoms with Gasteiger partial charge in [0.15, 0.2) is 6.35 Å². The van der Waals surface area contributed by atoms with Gasteiger partial charge in [-0.05, 0) is 14.1 Å². The molecular weight excluding hydrogens is 116 g/mol. The van der Waals surface area contributed by atoms with Crippen LogP contribution in [0.25, 0.3) is 0 Å². The van der Waals surface area contributed by atoms with E-state index in [1.165, 1.54) is 0 Å². The number of methoxy groups -OCH3 is 1. The molecule has 3 heteroatoms. The van der Waals surface area contributed by atoms with Crippen molar-refractivity contribution in [3.05, 3.63) is 0 Å². The highest BCUT2D eigenvalue weighted by Gasteiger charge is 2.24. The van der Waals surface area contributed by atoms with E-state index < -0.39 is 0 Å². The van der Waals surface area contributed by atoms with E-state index in [1.807, 2.05) is 0 Å². The number of rotatable bonds is 1. The molecule has 0 amide bonds. The Kier molecular flexibility index (Phi) is 2.05. The lowest BCUT2D eigenvalue weighted by Gasteiger charge is -2.22. The Bertz CT molecular complexity index is 87.1. The van der Waals surface area contributed by atoms with Crippen LogP contribution in [0.2, 0.25) is 0 Å². The quantitative estimate of drug-likeness (QED) is 0.488. The van der Waals surface area contributed by atoms with Crippen molar-refractivity contribution in [1.29, 1.82) is 0 Å². The van der Waals surface area contributed by atoms with Crippen LogP contribution in [-0.2, 0) is 4.74 Å². The Balaban J connectivity index is 2.44. The molecule has 0 aliphatic carbocycles. The smallest absolute Gasteiger partial charge is 0.167 e. The molecule has 3 nitrogen and oxygen atoms in total. The van der Waals surface area contributed by atoms with Gasteiger partial charge < -0.3 is 4.74 Å². The minimum absolute atomic E-state index is 0.199. The number of hydrogen-bond acceptors (Lipinski definition) is 3. The lowest BCUT2D eigenvalue weighted by atomic mass is 10.6. The molecular formula is C6H14N2O. The molecule has 0 N–H and O–H groups in total. The fourth-order valence-corrected chi connectivity index (χ4v) is 1.23. The fourth-order valence-electron chi connectivity index (χ4n) is 1.23. The molecule has 0 aromatic heterocycles. The Labute approximate surface area is 56.2 Å². The maximum absolute atomic E-state index is 5.19. The third kappa shape index (κ3) is 1.23. The van der Waals surface area contributed by atoms with E-state index in [2.05, 4.69) is 23.9 Å². The van der Waals surface area contributed by atoms with E-state index in [0.29, 0.717) is 0 Å². The van der Waals surface area contributed by atoms with Crippen molar-refractivity contribution in [2.45, 2.75) is 6.35 Å². The van der Waals surface area contributed by atoms with Gasteiger partial charge in [-0.15, -0.1) is 0 Å². The Morgan fingerprint density at radius 2 is 1.67 bits per heavy atom. The molecule has 54 valence electrons. The first-order valence-corrected chi connectivity index (χ1v) is 3.19. The molecule has 1 aliphatic heterocycles.